The molecule has 4 aromatic heterocycles. The Hall–Kier alpha value is -13.9. The number of azo groups is 8. The molecule has 0 saturated carbocycles. The molecule has 4 heterocycles. The topological polar surface area (TPSA) is 237 Å². The molecule has 140 heavy (non-hydrogen) atoms. The maximum absolute atomic E-state index is 14.6. The summed E-state index contributed by atoms with van der Waals surface area (Å²) in [5.41, 5.74) is 14.2. The molecule has 0 saturated heterocycles. The van der Waals surface area contributed by atoms with E-state index in [1.54, 1.807) is 71.2 Å². The fourth-order valence-corrected chi connectivity index (χ4v) is 19.1. The molecule has 0 fully saturated rings. The first-order chi connectivity index (χ1) is 68.4. The number of hydrogen-bond acceptors (Lipinski definition) is 26. The number of thiazole rings is 2. The summed E-state index contributed by atoms with van der Waals surface area (Å²) in [6.07, 6.45) is 13.5. The second-order valence-corrected chi connectivity index (χ2v) is 37.3. The average Bonchev–Trinajstić information content (AvgIpc) is 1.58. The molecule has 0 N–H and O–H groups in total. The first-order valence-corrected chi connectivity index (χ1v) is 51.4. The van der Waals surface area contributed by atoms with Crippen LogP contribution in [0.1, 0.15) is 154 Å². The molecule has 0 spiro atoms. The standard InChI is InChI=1S/2C28H30FN5S.2C27H29FN6S/c1-4-7-8-25-18-20-17-22(12-16-28(20)35-25)32-33-27-15-11-23(19-26(27)29)31-30-21-9-13-24(14-10-21)34(5-2)6-3;1-4-7-8-25-18-20-17-22(12-16-28(20)35-25)31-32-23-11-15-27(26(29)19-23)33-30-21-9-13-24(14-10-21)34(5-2)6-3;1-4-7-8-27-29-25-18-21(12-16-26(25)35-27)32-31-20-11-15-24(23(28)17-20)33-30-19-9-13-22(14-10-19)34(5-2)6-3;1-4-7-8-27-29-25-18-21(12-16-26(25)35-27)32-33-24-15-11-20(17-23(24)28)31-30-19-9-13-22(14-10-19)34(5-2)6-3/h2*9-19H,4-8H2,1-3H3;2*9-18H,4-8H2,1-3H3. The number of aryl methyl sites for hydroxylation is 4. The molecule has 0 aliphatic carbocycles. The van der Waals surface area contributed by atoms with Crippen LogP contribution in [-0.2, 0) is 25.7 Å². The monoisotopic (exact) mass is 1950 g/mol. The van der Waals surface area contributed by atoms with Gasteiger partial charge in [-0.1, -0.05) is 53.4 Å². The highest BCUT2D eigenvalue weighted by Crippen LogP contribution is 2.39. The molecular formula is C110H118F4N22S4. The Morgan fingerprint density at radius 3 is 0.686 bits per heavy atom. The second-order valence-electron chi connectivity index (χ2n) is 32.7. The zero-order valence-corrected chi connectivity index (χ0v) is 84.6. The van der Waals surface area contributed by atoms with Crippen molar-refractivity contribution in [3.8, 4) is 0 Å². The molecule has 0 aliphatic rings. The molecule has 12 aromatic carbocycles. The lowest BCUT2D eigenvalue weighted by atomic mass is 10.2. The Morgan fingerprint density at radius 2 is 0.429 bits per heavy atom. The molecule has 16 rings (SSSR count). The third-order valence-electron chi connectivity index (χ3n) is 22.8. The number of benzene rings is 12. The van der Waals surface area contributed by atoms with E-state index in [0.717, 1.165) is 168 Å². The van der Waals surface area contributed by atoms with E-state index < -0.39 is 23.3 Å². The van der Waals surface area contributed by atoms with Gasteiger partial charge in [-0.25, -0.2) is 27.5 Å². The summed E-state index contributed by atoms with van der Waals surface area (Å²) >= 11 is 7.07. The average molecular weight is 1950 g/mol. The van der Waals surface area contributed by atoms with Crippen LogP contribution in [0.4, 0.5) is 131 Å². The summed E-state index contributed by atoms with van der Waals surface area (Å²) in [5, 5.41) is 71.5. The largest absolute Gasteiger partial charge is 0.372 e. The van der Waals surface area contributed by atoms with Crippen LogP contribution in [0.25, 0.3) is 40.6 Å². The van der Waals surface area contributed by atoms with Gasteiger partial charge in [-0.3, -0.25) is 0 Å². The molecule has 720 valence electrons. The lowest BCUT2D eigenvalue weighted by Crippen LogP contribution is -2.21. The van der Waals surface area contributed by atoms with Crippen LogP contribution in [0.2, 0.25) is 0 Å². The molecule has 0 bridgehead atoms. The Balaban J connectivity index is 0.000000157. The van der Waals surface area contributed by atoms with Crippen LogP contribution >= 0.6 is 45.3 Å². The molecule has 22 nitrogen and oxygen atoms in total. The molecule has 0 radical (unpaired) electrons. The van der Waals surface area contributed by atoms with Crippen LogP contribution in [0.3, 0.4) is 0 Å². The number of unbranched alkanes of at least 4 members (excludes halogenated alkanes) is 4. The maximum Gasteiger partial charge on any atom is 0.152 e. The highest BCUT2D eigenvalue weighted by Gasteiger charge is 2.15. The Morgan fingerprint density at radius 1 is 0.214 bits per heavy atom. The van der Waals surface area contributed by atoms with Crippen LogP contribution in [0, 0.1) is 23.3 Å². The van der Waals surface area contributed by atoms with Gasteiger partial charge < -0.3 is 19.6 Å². The smallest absolute Gasteiger partial charge is 0.152 e. The number of anilines is 4. The van der Waals surface area contributed by atoms with Gasteiger partial charge in [0.2, 0.25) is 0 Å². The van der Waals surface area contributed by atoms with E-state index in [9.17, 15) is 17.6 Å². The predicted molar refractivity (Wildman–Crippen MR) is 576 cm³/mol. The molecule has 0 unspecified atom stereocenters. The van der Waals surface area contributed by atoms with E-state index in [1.165, 1.54) is 74.5 Å². The van der Waals surface area contributed by atoms with Crippen molar-refractivity contribution in [3.05, 3.63) is 298 Å². The number of halogens is 4. The van der Waals surface area contributed by atoms with Gasteiger partial charge in [-0.15, -0.1) is 65.8 Å². The van der Waals surface area contributed by atoms with Gasteiger partial charge in [0.15, 0.2) is 23.3 Å². The fourth-order valence-electron chi connectivity index (χ4n) is 14.9. The minimum absolute atomic E-state index is 0.148. The summed E-state index contributed by atoms with van der Waals surface area (Å²) in [7, 11) is 0. The minimum Gasteiger partial charge on any atom is -0.372 e. The van der Waals surface area contributed by atoms with Gasteiger partial charge in [0, 0.05) is 119 Å². The minimum atomic E-state index is -0.501. The number of hydrogen-bond donors (Lipinski definition) is 0. The Kier molecular flexibility index (Phi) is 39.4. The van der Waals surface area contributed by atoms with Crippen molar-refractivity contribution < 1.29 is 17.6 Å². The van der Waals surface area contributed by atoms with E-state index in [-0.39, 0.29) is 22.7 Å². The van der Waals surface area contributed by atoms with Crippen molar-refractivity contribution in [3.63, 3.8) is 0 Å². The van der Waals surface area contributed by atoms with E-state index in [1.807, 2.05) is 180 Å². The normalized spacial score (nSPS) is 11.8. The molecule has 30 heteroatoms. The van der Waals surface area contributed by atoms with Crippen LogP contribution in [-0.4, -0.2) is 62.3 Å². The van der Waals surface area contributed by atoms with Crippen LogP contribution in [0.5, 0.6) is 0 Å². The van der Waals surface area contributed by atoms with Crippen molar-refractivity contribution >= 4 is 200 Å². The maximum atomic E-state index is 14.6. The van der Waals surface area contributed by atoms with E-state index in [4.69, 9.17) is 4.98 Å². The Bertz CT molecular complexity index is 6540. The van der Waals surface area contributed by atoms with Crippen molar-refractivity contribution in [1.82, 2.24) is 9.97 Å². The highest BCUT2D eigenvalue weighted by atomic mass is 32.1. The molecular weight excluding hydrogens is 1830 g/mol. The van der Waals surface area contributed by atoms with E-state index >= 15 is 0 Å². The number of nitrogens with zero attached hydrogens (tertiary/aromatic N) is 22. The third-order valence-corrected chi connectivity index (χ3v) is 27.4. The fraction of sp³-hybridized carbons (Fsp3) is 0.291. The second kappa shape index (κ2) is 53.3. The predicted octanol–water partition coefficient (Wildman–Crippen LogP) is 39.0. The summed E-state index contributed by atoms with van der Waals surface area (Å²) in [6.45, 7) is 33.3. The van der Waals surface area contributed by atoms with Gasteiger partial charge in [0.1, 0.15) is 22.7 Å². The van der Waals surface area contributed by atoms with Gasteiger partial charge >= 0.3 is 0 Å². The zero-order valence-electron chi connectivity index (χ0n) is 81.4. The quantitative estimate of drug-likeness (QED) is 0.0267. The first-order valence-electron chi connectivity index (χ1n) is 48.1. The lowest BCUT2D eigenvalue weighted by molar-refractivity contribution is 0.628. The SMILES string of the molecule is CCCCc1cc2cc(N=Nc3ccc(N=Nc4ccc(N(CC)CC)cc4)c(F)c3)ccc2s1.CCCCc1cc2cc(N=Nc3ccc(N=Nc4ccc(N(CC)CC)cc4)cc3F)ccc2s1.CCCCc1nc2cc(N=Nc3ccc(N=Nc4ccc(N(CC)CC)cc4)c(F)c3)ccc2s1.CCCCc1nc2cc(N=Nc3ccc(N=Nc4ccc(N(CC)CC)cc4)cc3F)ccc2s1. The number of fused-ring (bicyclic) bond motifs is 4. The van der Waals surface area contributed by atoms with Crippen molar-refractivity contribution in [2.24, 2.45) is 81.8 Å². The van der Waals surface area contributed by atoms with Crippen molar-refractivity contribution in [2.75, 3.05) is 72.0 Å². The summed E-state index contributed by atoms with van der Waals surface area (Å²) in [4.78, 5) is 21.1. The molecule has 16 aromatic rings. The van der Waals surface area contributed by atoms with Gasteiger partial charge in [-0.2, -0.15) is 61.4 Å². The van der Waals surface area contributed by atoms with Gasteiger partial charge in [0.25, 0.3) is 0 Å². The van der Waals surface area contributed by atoms with Gasteiger partial charge in [0.05, 0.1) is 98.7 Å². The summed E-state index contributed by atoms with van der Waals surface area (Å²) in [6, 6.07) is 77.5. The number of thiophene rings is 2. The van der Waals surface area contributed by atoms with Crippen molar-refractivity contribution in [1.29, 1.82) is 0 Å². The zero-order chi connectivity index (χ0) is 98.5. The molecule has 0 atom stereocenters. The highest BCUT2D eigenvalue weighted by molar-refractivity contribution is 7.19. The summed E-state index contributed by atoms with van der Waals surface area (Å²) in [5.74, 6) is -1.97. The lowest BCUT2D eigenvalue weighted by Gasteiger charge is -2.20. The first kappa shape index (κ1) is 103. The number of rotatable bonds is 40. The molecule has 0 amide bonds. The van der Waals surface area contributed by atoms with Crippen LogP contribution < -0.4 is 19.6 Å². The van der Waals surface area contributed by atoms with Crippen LogP contribution in [0.15, 0.2) is 337 Å². The third kappa shape index (κ3) is 30.0. The number of aromatic nitrogens is 2. The molecule has 0 aliphatic heterocycles. The van der Waals surface area contributed by atoms with E-state index in [2.05, 4.69) is 214 Å². The van der Waals surface area contributed by atoms with Gasteiger partial charge in [-0.05, 0) is 348 Å². The van der Waals surface area contributed by atoms with E-state index in [0.29, 0.717) is 62.6 Å². The summed E-state index contributed by atoms with van der Waals surface area (Å²) < 4.78 is 63.1. The Labute approximate surface area is 833 Å². The van der Waals surface area contributed by atoms with Crippen molar-refractivity contribution in [2.45, 2.75) is 160 Å².